The lowest BCUT2D eigenvalue weighted by molar-refractivity contribution is -0.117. The summed E-state index contributed by atoms with van der Waals surface area (Å²) in [6.07, 6.45) is 3.77. The number of amides is 1. The number of nitrogens with zero attached hydrogens (tertiary/aromatic N) is 5. The molecule has 0 bridgehead atoms. The Labute approximate surface area is 157 Å². The van der Waals surface area contributed by atoms with E-state index in [1.54, 1.807) is 16.9 Å². The summed E-state index contributed by atoms with van der Waals surface area (Å²) in [5.41, 5.74) is 0.940. The minimum atomic E-state index is -0.0650. The zero-order valence-electron chi connectivity index (χ0n) is 15.2. The predicted molar refractivity (Wildman–Crippen MR) is 100.0 cm³/mol. The van der Waals surface area contributed by atoms with E-state index in [1.165, 1.54) is 0 Å². The molecule has 1 saturated heterocycles. The number of carbonyl (C=O) groups excluding carboxylic acids is 1. The maximum atomic E-state index is 12.3. The molecule has 0 aliphatic carbocycles. The maximum absolute atomic E-state index is 12.3. The van der Waals surface area contributed by atoms with Crippen molar-refractivity contribution >= 4 is 11.7 Å². The third-order valence-corrected chi connectivity index (χ3v) is 4.68. The summed E-state index contributed by atoms with van der Waals surface area (Å²) in [5, 5.41) is 11.1. The second-order valence-corrected chi connectivity index (χ2v) is 6.82. The highest BCUT2D eigenvalue weighted by molar-refractivity contribution is 5.91. The van der Waals surface area contributed by atoms with E-state index in [1.807, 2.05) is 37.4 Å². The standard InChI is InChI=1S/C19H22N6O2/c1-24-11-9-16(22-24)20-17(26)13-25-10-5-8-15(12-25)19-21-18(23-27-19)14-6-3-2-4-7-14/h2-4,6-7,9,11,15H,5,8,10,12-13H2,1H3,(H,20,22,26)/t15-/m0/s1. The van der Waals surface area contributed by atoms with Crippen LogP contribution in [0.1, 0.15) is 24.7 Å². The average molecular weight is 366 g/mol. The van der Waals surface area contributed by atoms with Crippen molar-refractivity contribution in [1.29, 1.82) is 0 Å². The van der Waals surface area contributed by atoms with Gasteiger partial charge in [-0.3, -0.25) is 14.4 Å². The molecule has 1 atom stereocenters. The van der Waals surface area contributed by atoms with Crippen LogP contribution in [-0.4, -0.2) is 50.4 Å². The van der Waals surface area contributed by atoms with E-state index >= 15 is 0 Å². The number of rotatable bonds is 5. The largest absolute Gasteiger partial charge is 0.339 e. The lowest BCUT2D eigenvalue weighted by Crippen LogP contribution is -2.39. The highest BCUT2D eigenvalue weighted by Gasteiger charge is 2.27. The number of aromatic nitrogens is 4. The molecule has 2 aromatic heterocycles. The normalized spacial score (nSPS) is 17.7. The number of carbonyl (C=O) groups is 1. The molecule has 3 aromatic rings. The van der Waals surface area contributed by atoms with Crippen LogP contribution < -0.4 is 5.32 Å². The zero-order chi connectivity index (χ0) is 18.6. The van der Waals surface area contributed by atoms with Crippen molar-refractivity contribution in [2.24, 2.45) is 7.05 Å². The summed E-state index contributed by atoms with van der Waals surface area (Å²) in [5.74, 6) is 1.90. The van der Waals surface area contributed by atoms with Gasteiger partial charge in [-0.1, -0.05) is 35.5 Å². The Balaban J connectivity index is 1.37. The fourth-order valence-corrected chi connectivity index (χ4v) is 3.37. The Bertz CT molecular complexity index is 904. The summed E-state index contributed by atoms with van der Waals surface area (Å²) in [7, 11) is 1.82. The first kappa shape index (κ1) is 17.4. The molecule has 8 heteroatoms. The predicted octanol–water partition coefficient (Wildman–Crippen LogP) is 2.29. The summed E-state index contributed by atoms with van der Waals surface area (Å²) in [6, 6.07) is 11.6. The molecule has 1 amide bonds. The smallest absolute Gasteiger partial charge is 0.239 e. The van der Waals surface area contributed by atoms with Gasteiger partial charge >= 0.3 is 0 Å². The van der Waals surface area contributed by atoms with E-state index in [0.29, 0.717) is 24.1 Å². The van der Waals surface area contributed by atoms with Gasteiger partial charge in [-0.15, -0.1) is 0 Å². The molecule has 1 fully saturated rings. The molecule has 4 rings (SSSR count). The number of likely N-dealkylation sites (tertiary alicyclic amines) is 1. The first-order valence-electron chi connectivity index (χ1n) is 9.08. The van der Waals surface area contributed by atoms with Gasteiger partial charge in [-0.25, -0.2) is 0 Å². The van der Waals surface area contributed by atoms with E-state index in [4.69, 9.17) is 4.52 Å². The van der Waals surface area contributed by atoms with E-state index in [0.717, 1.165) is 31.5 Å². The Morgan fingerprint density at radius 3 is 2.93 bits per heavy atom. The van der Waals surface area contributed by atoms with Crippen molar-refractivity contribution in [3.63, 3.8) is 0 Å². The third-order valence-electron chi connectivity index (χ3n) is 4.68. The first-order valence-corrected chi connectivity index (χ1v) is 9.08. The molecule has 0 radical (unpaired) electrons. The highest BCUT2D eigenvalue weighted by atomic mass is 16.5. The van der Waals surface area contributed by atoms with Gasteiger partial charge in [-0.05, 0) is 19.4 Å². The molecule has 0 spiro atoms. The number of nitrogens with one attached hydrogen (secondary N) is 1. The van der Waals surface area contributed by atoms with Crippen molar-refractivity contribution in [2.75, 3.05) is 25.0 Å². The second-order valence-electron chi connectivity index (χ2n) is 6.82. The molecule has 8 nitrogen and oxygen atoms in total. The summed E-state index contributed by atoms with van der Waals surface area (Å²) in [6.45, 7) is 1.94. The van der Waals surface area contributed by atoms with Crippen LogP contribution in [-0.2, 0) is 11.8 Å². The third kappa shape index (κ3) is 4.22. The lowest BCUT2D eigenvalue weighted by atomic mass is 9.98. The van der Waals surface area contributed by atoms with Crippen molar-refractivity contribution in [3.05, 3.63) is 48.5 Å². The van der Waals surface area contributed by atoms with Gasteiger partial charge in [0.2, 0.25) is 17.6 Å². The SMILES string of the molecule is Cn1ccc(NC(=O)CN2CCC[C@H](c3nc(-c4ccccc4)no3)C2)n1. The van der Waals surface area contributed by atoms with Crippen LogP contribution in [0.2, 0.25) is 0 Å². The number of aryl methyl sites for hydroxylation is 1. The Kier molecular flexibility index (Phi) is 4.97. The quantitative estimate of drug-likeness (QED) is 0.745. The van der Waals surface area contributed by atoms with Gasteiger partial charge < -0.3 is 9.84 Å². The molecule has 1 aromatic carbocycles. The highest BCUT2D eigenvalue weighted by Crippen LogP contribution is 2.27. The van der Waals surface area contributed by atoms with E-state index in [9.17, 15) is 4.79 Å². The molecule has 1 aliphatic rings. The topological polar surface area (TPSA) is 89.1 Å². The van der Waals surface area contributed by atoms with E-state index in [2.05, 4.69) is 25.5 Å². The summed E-state index contributed by atoms with van der Waals surface area (Å²) in [4.78, 5) is 19.0. The molecule has 140 valence electrons. The average Bonchev–Trinajstić information content (AvgIpc) is 3.32. The number of anilines is 1. The Morgan fingerprint density at radius 2 is 2.15 bits per heavy atom. The lowest BCUT2D eigenvalue weighted by Gasteiger charge is -2.30. The van der Waals surface area contributed by atoms with Crippen LogP contribution in [0, 0.1) is 0 Å². The van der Waals surface area contributed by atoms with Crippen molar-refractivity contribution in [1.82, 2.24) is 24.8 Å². The van der Waals surface area contributed by atoms with Crippen LogP contribution in [0.15, 0.2) is 47.1 Å². The number of hydrogen-bond acceptors (Lipinski definition) is 6. The molecule has 3 heterocycles. The van der Waals surface area contributed by atoms with Crippen molar-refractivity contribution < 1.29 is 9.32 Å². The van der Waals surface area contributed by atoms with Crippen molar-refractivity contribution in [3.8, 4) is 11.4 Å². The van der Waals surface area contributed by atoms with Crippen LogP contribution in [0.3, 0.4) is 0 Å². The Morgan fingerprint density at radius 1 is 1.30 bits per heavy atom. The summed E-state index contributed by atoms with van der Waals surface area (Å²) >= 11 is 0. The van der Waals surface area contributed by atoms with Crippen LogP contribution >= 0.6 is 0 Å². The van der Waals surface area contributed by atoms with Crippen LogP contribution in [0.25, 0.3) is 11.4 Å². The van der Waals surface area contributed by atoms with Gasteiger partial charge in [0.15, 0.2) is 5.82 Å². The number of hydrogen-bond donors (Lipinski definition) is 1. The fraction of sp³-hybridized carbons (Fsp3) is 0.368. The molecular weight excluding hydrogens is 344 g/mol. The van der Waals surface area contributed by atoms with Gasteiger partial charge in [0.1, 0.15) is 0 Å². The molecule has 27 heavy (non-hydrogen) atoms. The van der Waals surface area contributed by atoms with Gasteiger partial charge in [-0.2, -0.15) is 10.1 Å². The molecular formula is C19H22N6O2. The summed E-state index contributed by atoms with van der Waals surface area (Å²) < 4.78 is 7.17. The monoisotopic (exact) mass is 366 g/mol. The Hall–Kier alpha value is -3.00. The molecule has 0 unspecified atom stereocenters. The second kappa shape index (κ2) is 7.71. The van der Waals surface area contributed by atoms with Gasteiger partial charge in [0.05, 0.1) is 12.5 Å². The first-order chi connectivity index (χ1) is 13.2. The molecule has 0 saturated carbocycles. The van der Waals surface area contributed by atoms with Crippen molar-refractivity contribution in [2.45, 2.75) is 18.8 Å². The minimum absolute atomic E-state index is 0.0650. The van der Waals surface area contributed by atoms with Crippen LogP contribution in [0.5, 0.6) is 0 Å². The zero-order valence-corrected chi connectivity index (χ0v) is 15.2. The number of benzene rings is 1. The van der Waals surface area contributed by atoms with Gasteiger partial charge in [0, 0.05) is 31.4 Å². The molecule has 1 N–H and O–H groups in total. The maximum Gasteiger partial charge on any atom is 0.239 e. The minimum Gasteiger partial charge on any atom is -0.339 e. The number of piperidine rings is 1. The van der Waals surface area contributed by atoms with Crippen LogP contribution in [0.4, 0.5) is 5.82 Å². The van der Waals surface area contributed by atoms with Gasteiger partial charge in [0.25, 0.3) is 0 Å². The molecule has 1 aliphatic heterocycles. The van der Waals surface area contributed by atoms with E-state index < -0.39 is 0 Å². The fourth-order valence-electron chi connectivity index (χ4n) is 3.37. The van der Waals surface area contributed by atoms with E-state index in [-0.39, 0.29) is 11.8 Å².